The summed E-state index contributed by atoms with van der Waals surface area (Å²) in [6.45, 7) is 2.80. The predicted molar refractivity (Wildman–Crippen MR) is 135 cm³/mol. The summed E-state index contributed by atoms with van der Waals surface area (Å²) < 4.78 is 19.5. The molecule has 182 valence electrons. The number of hydrogen-bond acceptors (Lipinski definition) is 4. The van der Waals surface area contributed by atoms with E-state index in [2.05, 4.69) is 6.07 Å². The summed E-state index contributed by atoms with van der Waals surface area (Å²) >= 11 is 7.84. The Morgan fingerprint density at radius 2 is 1.94 bits per heavy atom. The second-order valence-electron chi connectivity index (χ2n) is 9.05. The number of amides is 2. The lowest BCUT2D eigenvalue weighted by Crippen LogP contribution is -2.48. The van der Waals surface area contributed by atoms with E-state index in [1.54, 1.807) is 22.3 Å². The average Bonchev–Trinajstić information content (AvgIpc) is 3.58. The van der Waals surface area contributed by atoms with Crippen LogP contribution in [-0.2, 0) is 11.2 Å². The number of hydrogen-bond donors (Lipinski definition) is 0. The summed E-state index contributed by atoms with van der Waals surface area (Å²) in [7, 11) is 0. The predicted octanol–water partition coefficient (Wildman–Crippen LogP) is 5.66. The third-order valence-corrected chi connectivity index (χ3v) is 8.02. The molecule has 3 aromatic rings. The number of benzene rings is 2. The van der Waals surface area contributed by atoms with Crippen molar-refractivity contribution in [1.29, 1.82) is 0 Å². The number of ether oxygens (including phenoxy) is 1. The van der Waals surface area contributed by atoms with E-state index < -0.39 is 5.82 Å². The van der Waals surface area contributed by atoms with Crippen LogP contribution < -0.4 is 4.74 Å². The van der Waals surface area contributed by atoms with Crippen molar-refractivity contribution in [2.75, 3.05) is 19.7 Å². The van der Waals surface area contributed by atoms with Gasteiger partial charge in [-0.1, -0.05) is 11.6 Å². The van der Waals surface area contributed by atoms with Gasteiger partial charge in [0.05, 0.1) is 6.04 Å². The molecule has 1 fully saturated rings. The van der Waals surface area contributed by atoms with Crippen LogP contribution in [-0.4, -0.2) is 47.4 Å². The first-order chi connectivity index (χ1) is 16.9. The fourth-order valence-corrected chi connectivity index (χ4v) is 5.55. The minimum absolute atomic E-state index is 0.00308. The molecule has 1 aromatic heterocycles. The second kappa shape index (κ2) is 9.99. The lowest BCUT2D eigenvalue weighted by Gasteiger charge is -2.37. The quantitative estimate of drug-likeness (QED) is 0.410. The topological polar surface area (TPSA) is 49.9 Å². The van der Waals surface area contributed by atoms with Crippen molar-refractivity contribution in [3.05, 3.63) is 86.3 Å². The highest BCUT2D eigenvalue weighted by Gasteiger charge is 2.38. The lowest BCUT2D eigenvalue weighted by molar-refractivity contribution is -0.135. The number of aryl methyl sites for hydroxylation is 1. The molecule has 5 rings (SSSR count). The van der Waals surface area contributed by atoms with Crippen LogP contribution in [0.2, 0.25) is 5.02 Å². The summed E-state index contributed by atoms with van der Waals surface area (Å²) in [6.07, 6.45) is 2.53. The van der Waals surface area contributed by atoms with Crippen LogP contribution in [0, 0.1) is 12.7 Å². The maximum atomic E-state index is 13.6. The van der Waals surface area contributed by atoms with Gasteiger partial charge in [-0.05, 0) is 91.2 Å². The maximum absolute atomic E-state index is 13.6. The molecule has 0 unspecified atom stereocenters. The monoisotopic (exact) mass is 512 g/mol. The van der Waals surface area contributed by atoms with E-state index in [1.807, 2.05) is 29.3 Å². The smallest absolute Gasteiger partial charge is 0.254 e. The minimum atomic E-state index is -0.394. The molecule has 0 spiro atoms. The standard InChI is InChI=1S/C27H26ClFN2O3S/c1-17-14-21(8-9-23(17)28)34-16-24-22-11-13-35-25(22)10-12-30(24)26(32)15-31(20-6-7-20)27(33)18-2-4-19(29)5-3-18/h2-5,8-9,11,13-14,20,24H,6-7,10,12,15-16H2,1H3/t24-/m1/s1. The van der Waals surface area contributed by atoms with E-state index in [9.17, 15) is 14.0 Å². The first kappa shape index (κ1) is 23.8. The number of thiophene rings is 1. The lowest BCUT2D eigenvalue weighted by atomic mass is 10.00. The van der Waals surface area contributed by atoms with Gasteiger partial charge in [0.25, 0.3) is 5.91 Å². The molecule has 0 N–H and O–H groups in total. The van der Waals surface area contributed by atoms with Crippen molar-refractivity contribution < 1.29 is 18.7 Å². The number of halogens is 2. The largest absolute Gasteiger partial charge is 0.491 e. The Kier molecular flexibility index (Phi) is 6.80. The number of nitrogens with zero attached hydrogens (tertiary/aromatic N) is 2. The molecular weight excluding hydrogens is 487 g/mol. The molecule has 2 heterocycles. The van der Waals surface area contributed by atoms with Gasteiger partial charge in [0.2, 0.25) is 5.91 Å². The Bertz CT molecular complexity index is 1240. The summed E-state index contributed by atoms with van der Waals surface area (Å²) in [5, 5.41) is 2.73. The molecule has 1 aliphatic carbocycles. The molecule has 0 saturated heterocycles. The fraction of sp³-hybridized carbons (Fsp3) is 0.333. The molecule has 2 amide bonds. The van der Waals surface area contributed by atoms with E-state index in [4.69, 9.17) is 16.3 Å². The number of rotatable bonds is 7. The normalized spacial score (nSPS) is 17.1. The number of carbonyl (C=O) groups is 2. The molecule has 0 radical (unpaired) electrons. The van der Waals surface area contributed by atoms with Gasteiger partial charge < -0.3 is 14.5 Å². The third-order valence-electron chi connectivity index (χ3n) is 6.60. The summed E-state index contributed by atoms with van der Waals surface area (Å²) in [5.74, 6) is -0.0365. The molecule has 1 saturated carbocycles. The van der Waals surface area contributed by atoms with Gasteiger partial charge in [-0.25, -0.2) is 4.39 Å². The highest BCUT2D eigenvalue weighted by molar-refractivity contribution is 7.10. The Hall–Kier alpha value is -2.90. The zero-order valence-electron chi connectivity index (χ0n) is 19.4. The van der Waals surface area contributed by atoms with Crippen LogP contribution in [0.15, 0.2) is 53.9 Å². The van der Waals surface area contributed by atoms with Gasteiger partial charge in [0.15, 0.2) is 0 Å². The van der Waals surface area contributed by atoms with Crippen molar-refractivity contribution in [2.24, 2.45) is 0 Å². The molecule has 2 aromatic carbocycles. The van der Waals surface area contributed by atoms with Gasteiger partial charge in [0, 0.05) is 28.0 Å². The van der Waals surface area contributed by atoms with Crippen molar-refractivity contribution >= 4 is 34.8 Å². The van der Waals surface area contributed by atoms with Crippen LogP contribution in [0.1, 0.15) is 45.2 Å². The van der Waals surface area contributed by atoms with Crippen molar-refractivity contribution in [3.63, 3.8) is 0 Å². The molecule has 2 aliphatic rings. The van der Waals surface area contributed by atoms with Gasteiger partial charge in [0.1, 0.15) is 24.7 Å². The summed E-state index contributed by atoms with van der Waals surface area (Å²) in [6, 6.07) is 12.9. The van der Waals surface area contributed by atoms with Gasteiger partial charge in [-0.3, -0.25) is 9.59 Å². The minimum Gasteiger partial charge on any atom is -0.491 e. The second-order valence-corrected chi connectivity index (χ2v) is 10.5. The Labute approximate surface area is 213 Å². The zero-order chi connectivity index (χ0) is 24.5. The summed E-state index contributed by atoms with van der Waals surface area (Å²) in [4.78, 5) is 31.5. The first-order valence-corrected chi connectivity index (χ1v) is 13.0. The number of carbonyl (C=O) groups excluding carboxylic acids is 2. The molecule has 0 bridgehead atoms. The third kappa shape index (κ3) is 5.21. The van der Waals surface area contributed by atoms with Crippen molar-refractivity contribution in [1.82, 2.24) is 9.80 Å². The van der Waals surface area contributed by atoms with E-state index in [0.717, 1.165) is 30.4 Å². The van der Waals surface area contributed by atoms with Crippen LogP contribution >= 0.6 is 22.9 Å². The van der Waals surface area contributed by atoms with E-state index in [-0.39, 0.29) is 30.4 Å². The van der Waals surface area contributed by atoms with Crippen LogP contribution in [0.4, 0.5) is 4.39 Å². The Morgan fingerprint density at radius 1 is 1.17 bits per heavy atom. The maximum Gasteiger partial charge on any atom is 0.254 e. The van der Waals surface area contributed by atoms with Gasteiger partial charge >= 0.3 is 0 Å². The fourth-order valence-electron chi connectivity index (χ4n) is 4.50. The number of fused-ring (bicyclic) bond motifs is 1. The molecule has 1 aliphatic heterocycles. The van der Waals surface area contributed by atoms with E-state index >= 15 is 0 Å². The van der Waals surface area contributed by atoms with Crippen molar-refractivity contribution in [3.8, 4) is 5.75 Å². The van der Waals surface area contributed by atoms with Crippen LogP contribution in [0.5, 0.6) is 5.75 Å². The molecule has 1 atom stereocenters. The zero-order valence-corrected chi connectivity index (χ0v) is 20.9. The molecule has 8 heteroatoms. The van der Waals surface area contributed by atoms with Crippen LogP contribution in [0.3, 0.4) is 0 Å². The van der Waals surface area contributed by atoms with Gasteiger partial charge in [-0.15, -0.1) is 11.3 Å². The Balaban J connectivity index is 1.34. The van der Waals surface area contributed by atoms with Crippen LogP contribution in [0.25, 0.3) is 0 Å². The molecule has 35 heavy (non-hydrogen) atoms. The van der Waals surface area contributed by atoms with E-state index in [0.29, 0.717) is 29.5 Å². The SMILES string of the molecule is Cc1cc(OC[C@@H]2c3ccsc3CCN2C(=O)CN(C(=O)c2ccc(F)cc2)C2CC2)ccc1Cl. The van der Waals surface area contributed by atoms with Crippen molar-refractivity contribution in [2.45, 2.75) is 38.3 Å². The molecular formula is C27H26ClFN2O3S. The highest BCUT2D eigenvalue weighted by Crippen LogP contribution is 2.35. The van der Waals surface area contributed by atoms with Gasteiger partial charge in [-0.2, -0.15) is 0 Å². The average molecular weight is 513 g/mol. The summed E-state index contributed by atoms with van der Waals surface area (Å²) in [5.41, 5.74) is 2.42. The first-order valence-electron chi connectivity index (χ1n) is 11.7. The molecule has 5 nitrogen and oxygen atoms in total. The highest BCUT2D eigenvalue weighted by atomic mass is 35.5. The van der Waals surface area contributed by atoms with E-state index in [1.165, 1.54) is 29.1 Å². The Morgan fingerprint density at radius 3 is 2.66 bits per heavy atom.